The van der Waals surface area contributed by atoms with Crippen LogP contribution in [0.15, 0.2) is 36.5 Å². The fraction of sp³-hybridized carbons (Fsp3) is 0.550. The van der Waals surface area contributed by atoms with Crippen molar-refractivity contribution in [1.29, 1.82) is 0 Å². The Morgan fingerprint density at radius 1 is 1.10 bits per heavy atom. The molecule has 2 N–H and O–H groups in total. The average Bonchev–Trinajstić information content (AvgIpc) is 3.25. The highest BCUT2D eigenvalue weighted by Crippen LogP contribution is 2.18. The van der Waals surface area contributed by atoms with Gasteiger partial charge in [0.05, 0.1) is 18.3 Å². The normalized spacial score (nSPS) is 18.9. The van der Waals surface area contributed by atoms with Crippen molar-refractivity contribution in [2.24, 2.45) is 0 Å². The molecule has 166 valence electrons. The summed E-state index contributed by atoms with van der Waals surface area (Å²) in [5.74, 6) is -0.0524. The summed E-state index contributed by atoms with van der Waals surface area (Å²) in [5.41, 5.74) is 1.35. The molecule has 1 aromatic heterocycles. The number of nitrogens with zero attached hydrogens (tertiary/aromatic N) is 5. The van der Waals surface area contributed by atoms with Gasteiger partial charge in [-0.3, -0.25) is 9.69 Å². The number of hydrogen-bond acceptors (Lipinski definition) is 6. The van der Waals surface area contributed by atoms with E-state index in [4.69, 9.17) is 0 Å². The zero-order valence-electron chi connectivity index (χ0n) is 16.9. The Kier molecular flexibility index (Phi) is 9.51. The molecule has 4 rings (SSSR count). The van der Waals surface area contributed by atoms with Crippen LogP contribution in [-0.2, 0) is 0 Å². The van der Waals surface area contributed by atoms with Gasteiger partial charge in [0, 0.05) is 32.7 Å². The molecule has 0 aliphatic carbocycles. The minimum Gasteiger partial charge on any atom is -0.387 e. The first-order valence-corrected chi connectivity index (χ1v) is 10.1. The number of benzene rings is 1. The number of carbonyl (C=O) groups is 1. The standard InChI is InChI=1S/C20H28N6O2.2ClH/c27-19(16-4-2-1-3-5-16)15-24-10-12-25(13-11-24)20(28)18-14-26(23-22-18)17-6-8-21-9-7-17;;/h1-5,14,17,19,21,27H,6-13,15H2;2*1H. The summed E-state index contributed by atoms with van der Waals surface area (Å²) in [4.78, 5) is 16.8. The molecule has 0 saturated carbocycles. The predicted molar refractivity (Wildman–Crippen MR) is 119 cm³/mol. The number of aliphatic hydroxyl groups is 1. The molecule has 1 atom stereocenters. The van der Waals surface area contributed by atoms with E-state index in [-0.39, 0.29) is 30.7 Å². The third kappa shape index (κ3) is 5.92. The zero-order chi connectivity index (χ0) is 19.3. The fourth-order valence-corrected chi connectivity index (χ4v) is 3.95. The Hall–Kier alpha value is -1.71. The van der Waals surface area contributed by atoms with Gasteiger partial charge >= 0.3 is 0 Å². The molecule has 10 heteroatoms. The van der Waals surface area contributed by atoms with Crippen molar-refractivity contribution >= 4 is 30.7 Å². The molecule has 2 aromatic rings. The van der Waals surface area contributed by atoms with Gasteiger partial charge in [-0.2, -0.15) is 0 Å². The highest BCUT2D eigenvalue weighted by atomic mass is 35.5. The van der Waals surface area contributed by atoms with E-state index in [2.05, 4.69) is 20.5 Å². The van der Waals surface area contributed by atoms with Crippen LogP contribution in [0.25, 0.3) is 0 Å². The second-order valence-electron chi connectivity index (χ2n) is 7.58. The maximum absolute atomic E-state index is 12.8. The SMILES string of the molecule is Cl.Cl.O=C(c1cn(C2CCNCC2)nn1)N1CCN(CC(O)c2ccccc2)CC1. The first-order valence-electron chi connectivity index (χ1n) is 10.1. The molecule has 1 amide bonds. The van der Waals surface area contributed by atoms with Crippen molar-refractivity contribution in [1.82, 2.24) is 30.1 Å². The van der Waals surface area contributed by atoms with E-state index in [0.717, 1.165) is 44.6 Å². The second-order valence-corrected chi connectivity index (χ2v) is 7.58. The summed E-state index contributed by atoms with van der Waals surface area (Å²) in [6.07, 6.45) is 3.32. The van der Waals surface area contributed by atoms with Crippen LogP contribution in [-0.4, -0.2) is 81.6 Å². The number of nitrogens with one attached hydrogen (secondary N) is 1. The van der Waals surface area contributed by atoms with Crippen LogP contribution in [0.5, 0.6) is 0 Å². The van der Waals surface area contributed by atoms with E-state index in [9.17, 15) is 9.90 Å². The number of halogens is 2. The molecular weight excluding hydrogens is 427 g/mol. The summed E-state index contributed by atoms with van der Waals surface area (Å²) in [5, 5.41) is 22.1. The fourth-order valence-electron chi connectivity index (χ4n) is 3.95. The average molecular weight is 457 g/mol. The van der Waals surface area contributed by atoms with Gasteiger partial charge in [-0.05, 0) is 31.5 Å². The summed E-state index contributed by atoms with van der Waals surface area (Å²) in [6, 6.07) is 10.0. The van der Waals surface area contributed by atoms with Crippen LogP contribution >= 0.6 is 24.8 Å². The van der Waals surface area contributed by atoms with Gasteiger partial charge in [0.2, 0.25) is 0 Å². The van der Waals surface area contributed by atoms with Crippen LogP contribution in [0.2, 0.25) is 0 Å². The van der Waals surface area contributed by atoms with E-state index in [1.807, 2.05) is 39.9 Å². The lowest BCUT2D eigenvalue weighted by Gasteiger charge is -2.35. The van der Waals surface area contributed by atoms with E-state index >= 15 is 0 Å². The lowest BCUT2D eigenvalue weighted by Crippen LogP contribution is -2.49. The quantitative estimate of drug-likeness (QED) is 0.709. The molecule has 2 aliphatic rings. The van der Waals surface area contributed by atoms with Crippen LogP contribution in [0.3, 0.4) is 0 Å². The first-order chi connectivity index (χ1) is 13.7. The maximum atomic E-state index is 12.8. The van der Waals surface area contributed by atoms with Gasteiger partial charge in [0.1, 0.15) is 0 Å². The van der Waals surface area contributed by atoms with E-state index < -0.39 is 6.10 Å². The van der Waals surface area contributed by atoms with E-state index in [1.54, 1.807) is 6.20 Å². The molecule has 2 fully saturated rings. The Morgan fingerprint density at radius 3 is 2.43 bits per heavy atom. The van der Waals surface area contributed by atoms with Crippen molar-refractivity contribution in [3.63, 3.8) is 0 Å². The number of rotatable bonds is 5. The highest BCUT2D eigenvalue weighted by molar-refractivity contribution is 5.92. The van der Waals surface area contributed by atoms with Crippen molar-refractivity contribution in [3.05, 3.63) is 47.8 Å². The lowest BCUT2D eigenvalue weighted by molar-refractivity contribution is 0.0523. The molecule has 30 heavy (non-hydrogen) atoms. The lowest BCUT2D eigenvalue weighted by atomic mass is 10.1. The predicted octanol–water partition coefficient (Wildman–Crippen LogP) is 1.54. The summed E-state index contributed by atoms with van der Waals surface area (Å²) in [6.45, 7) is 5.31. The summed E-state index contributed by atoms with van der Waals surface area (Å²) < 4.78 is 1.85. The number of carbonyl (C=O) groups excluding carboxylic acids is 1. The molecule has 1 aromatic carbocycles. The molecular formula is C20H30Cl2N6O2. The summed E-state index contributed by atoms with van der Waals surface area (Å²) >= 11 is 0. The Morgan fingerprint density at radius 2 is 1.77 bits per heavy atom. The molecule has 3 heterocycles. The Labute approximate surface area is 189 Å². The van der Waals surface area contributed by atoms with Crippen LogP contribution < -0.4 is 5.32 Å². The van der Waals surface area contributed by atoms with E-state index in [0.29, 0.717) is 31.4 Å². The molecule has 2 aliphatic heterocycles. The Bertz CT molecular complexity index is 777. The topological polar surface area (TPSA) is 86.5 Å². The van der Waals surface area contributed by atoms with Crippen molar-refractivity contribution in [3.8, 4) is 0 Å². The molecule has 0 spiro atoms. The number of aliphatic hydroxyl groups excluding tert-OH is 1. The number of aromatic nitrogens is 3. The van der Waals surface area contributed by atoms with Gasteiger partial charge in [-0.1, -0.05) is 35.5 Å². The zero-order valence-corrected chi connectivity index (χ0v) is 18.5. The van der Waals surface area contributed by atoms with Gasteiger partial charge in [0.25, 0.3) is 5.91 Å². The number of piperidine rings is 1. The largest absolute Gasteiger partial charge is 0.387 e. The van der Waals surface area contributed by atoms with Gasteiger partial charge < -0.3 is 15.3 Å². The monoisotopic (exact) mass is 456 g/mol. The smallest absolute Gasteiger partial charge is 0.276 e. The number of hydrogen-bond donors (Lipinski definition) is 2. The van der Waals surface area contributed by atoms with Crippen molar-refractivity contribution in [2.45, 2.75) is 25.0 Å². The third-order valence-electron chi connectivity index (χ3n) is 5.69. The molecule has 2 saturated heterocycles. The van der Waals surface area contributed by atoms with Crippen molar-refractivity contribution < 1.29 is 9.90 Å². The highest BCUT2D eigenvalue weighted by Gasteiger charge is 2.26. The molecule has 8 nitrogen and oxygen atoms in total. The van der Waals surface area contributed by atoms with E-state index in [1.165, 1.54) is 0 Å². The first kappa shape index (κ1) is 24.6. The van der Waals surface area contributed by atoms with Gasteiger partial charge in [-0.25, -0.2) is 4.68 Å². The van der Waals surface area contributed by atoms with Gasteiger partial charge in [0.15, 0.2) is 5.69 Å². The molecule has 0 bridgehead atoms. The van der Waals surface area contributed by atoms with Crippen LogP contribution in [0.4, 0.5) is 0 Å². The van der Waals surface area contributed by atoms with Crippen LogP contribution in [0, 0.1) is 0 Å². The number of amides is 1. The number of piperazine rings is 1. The summed E-state index contributed by atoms with van der Waals surface area (Å²) in [7, 11) is 0. The molecule has 1 unspecified atom stereocenters. The third-order valence-corrected chi connectivity index (χ3v) is 5.69. The molecule has 0 radical (unpaired) electrons. The second kappa shape index (κ2) is 11.6. The van der Waals surface area contributed by atoms with Gasteiger partial charge in [-0.15, -0.1) is 29.9 Å². The Balaban J connectivity index is 0.00000160. The van der Waals surface area contributed by atoms with Crippen LogP contribution in [0.1, 0.15) is 41.0 Å². The van der Waals surface area contributed by atoms with Crippen molar-refractivity contribution in [2.75, 3.05) is 45.8 Å². The minimum atomic E-state index is -0.506. The number of β-amino-alcohol motifs (C(OH)–C–C–N with tert-alkyl or cyclic N) is 1. The minimum absolute atomic E-state index is 0. The maximum Gasteiger partial charge on any atom is 0.276 e.